The fourth-order valence-corrected chi connectivity index (χ4v) is 3.65. The van der Waals surface area contributed by atoms with E-state index in [2.05, 4.69) is 10.0 Å². The van der Waals surface area contributed by atoms with Gasteiger partial charge in [-0.3, -0.25) is 0 Å². The first kappa shape index (κ1) is 19.1. The zero-order valence-corrected chi connectivity index (χ0v) is 14.7. The van der Waals surface area contributed by atoms with Crippen LogP contribution in [-0.4, -0.2) is 34.1 Å². The van der Waals surface area contributed by atoms with Gasteiger partial charge in [0.15, 0.2) is 0 Å². The zero-order valence-electron chi connectivity index (χ0n) is 13.9. The summed E-state index contributed by atoms with van der Waals surface area (Å²) in [5.74, 6) is 0. The molecule has 126 valence electrons. The van der Waals surface area contributed by atoms with Crippen molar-refractivity contribution in [2.75, 3.05) is 19.6 Å². The summed E-state index contributed by atoms with van der Waals surface area (Å²) >= 11 is 0. The summed E-state index contributed by atoms with van der Waals surface area (Å²) in [4.78, 5) is 0.368. The second-order valence-electron chi connectivity index (χ2n) is 5.38. The van der Waals surface area contributed by atoms with Crippen LogP contribution >= 0.6 is 0 Å². The van der Waals surface area contributed by atoms with Gasteiger partial charge in [-0.25, -0.2) is 13.1 Å². The van der Waals surface area contributed by atoms with Gasteiger partial charge in [-0.05, 0) is 56.0 Å². The molecule has 1 aliphatic rings. The molecule has 1 aromatic rings. The Kier molecular flexibility index (Phi) is 8.03. The van der Waals surface area contributed by atoms with Crippen molar-refractivity contribution in [1.29, 1.82) is 0 Å². The Morgan fingerprint density at radius 2 is 1.91 bits per heavy atom. The fraction of sp³-hybridized carbons (Fsp3) is 0.625. The molecule has 1 aliphatic heterocycles. The van der Waals surface area contributed by atoms with Crippen LogP contribution in [0.4, 0.5) is 0 Å². The maximum Gasteiger partial charge on any atom is 0.240 e. The highest BCUT2D eigenvalue weighted by Gasteiger charge is 2.24. The molecule has 0 radical (unpaired) electrons. The first-order valence-corrected chi connectivity index (χ1v) is 9.53. The Morgan fingerprint density at radius 1 is 1.23 bits per heavy atom. The molecule has 6 heteroatoms. The largest absolute Gasteiger partial charge is 0.330 e. The van der Waals surface area contributed by atoms with Gasteiger partial charge >= 0.3 is 0 Å². The number of nitrogens with two attached hydrogens (primary N) is 1. The third kappa shape index (κ3) is 5.68. The highest BCUT2D eigenvalue weighted by Crippen LogP contribution is 2.17. The minimum atomic E-state index is -3.41. The molecular formula is C16H29N3O2S. The molecular weight excluding hydrogens is 298 g/mol. The second-order valence-corrected chi connectivity index (χ2v) is 7.09. The molecule has 0 atom stereocenters. The van der Waals surface area contributed by atoms with Crippen LogP contribution < -0.4 is 15.8 Å². The normalized spacial score (nSPS) is 14.9. The standard InChI is InChI=1S/C14H23N3O2S.C2H6/c1-11-6-12(4-2-3-5-15)8-14(7-11)20(18,19)17-13-9-16-10-13;1-2/h6-8,13,16-17H,2-5,9-10,15H2,1H3;1-2H3. The quantitative estimate of drug-likeness (QED) is 0.664. The van der Waals surface area contributed by atoms with E-state index in [1.165, 1.54) is 0 Å². The molecule has 0 saturated carbocycles. The summed E-state index contributed by atoms with van der Waals surface area (Å²) in [6, 6.07) is 5.56. The molecule has 1 saturated heterocycles. The van der Waals surface area contributed by atoms with Gasteiger partial charge in [0.1, 0.15) is 0 Å². The molecule has 0 unspecified atom stereocenters. The summed E-state index contributed by atoms with van der Waals surface area (Å²) in [5, 5.41) is 3.05. The lowest BCUT2D eigenvalue weighted by molar-refractivity contribution is 0.410. The Balaban J connectivity index is 0.00000116. The second kappa shape index (κ2) is 9.25. The lowest BCUT2D eigenvalue weighted by Crippen LogP contribution is -2.56. The third-order valence-electron chi connectivity index (χ3n) is 3.44. The summed E-state index contributed by atoms with van der Waals surface area (Å²) in [6.45, 7) is 8.01. The lowest BCUT2D eigenvalue weighted by atomic mass is 10.1. The van der Waals surface area contributed by atoms with Gasteiger partial charge in [0.2, 0.25) is 10.0 Å². The van der Waals surface area contributed by atoms with Crippen LogP contribution in [-0.2, 0) is 16.4 Å². The number of unbranched alkanes of at least 4 members (excludes halogenated alkanes) is 1. The number of hydrogen-bond donors (Lipinski definition) is 3. The molecule has 0 aliphatic carbocycles. The van der Waals surface area contributed by atoms with Crippen LogP contribution in [0.1, 0.15) is 37.8 Å². The molecule has 5 nitrogen and oxygen atoms in total. The minimum absolute atomic E-state index is 0.0150. The van der Waals surface area contributed by atoms with E-state index in [0.717, 1.165) is 30.4 Å². The van der Waals surface area contributed by atoms with Crippen LogP contribution in [0.3, 0.4) is 0 Å². The molecule has 0 aromatic heterocycles. The van der Waals surface area contributed by atoms with Crippen LogP contribution in [0.15, 0.2) is 23.1 Å². The molecule has 0 bridgehead atoms. The number of aryl methyl sites for hydroxylation is 2. The van der Waals surface area contributed by atoms with Crippen LogP contribution in [0.25, 0.3) is 0 Å². The van der Waals surface area contributed by atoms with Gasteiger partial charge in [-0.15, -0.1) is 0 Å². The monoisotopic (exact) mass is 327 g/mol. The molecule has 0 spiro atoms. The lowest BCUT2D eigenvalue weighted by Gasteiger charge is -2.27. The van der Waals surface area contributed by atoms with E-state index in [1.54, 1.807) is 12.1 Å². The van der Waals surface area contributed by atoms with Crippen molar-refractivity contribution < 1.29 is 8.42 Å². The number of hydrogen-bond acceptors (Lipinski definition) is 4. The topological polar surface area (TPSA) is 84.2 Å². The number of rotatable bonds is 7. The maximum absolute atomic E-state index is 12.3. The van der Waals surface area contributed by atoms with Gasteiger partial charge in [0.05, 0.1) is 4.90 Å². The average Bonchev–Trinajstić information content (AvgIpc) is 2.45. The van der Waals surface area contributed by atoms with E-state index in [1.807, 2.05) is 26.8 Å². The number of sulfonamides is 1. The van der Waals surface area contributed by atoms with Crippen LogP contribution in [0.2, 0.25) is 0 Å². The summed E-state index contributed by atoms with van der Waals surface area (Å²) in [5.41, 5.74) is 7.52. The van der Waals surface area contributed by atoms with E-state index < -0.39 is 10.0 Å². The van der Waals surface area contributed by atoms with Crippen LogP contribution in [0.5, 0.6) is 0 Å². The number of nitrogens with one attached hydrogen (secondary N) is 2. The Bertz CT molecular complexity index is 555. The Labute approximate surface area is 134 Å². The van der Waals surface area contributed by atoms with Gasteiger partial charge in [-0.1, -0.05) is 19.9 Å². The van der Waals surface area contributed by atoms with E-state index in [4.69, 9.17) is 5.73 Å². The van der Waals surface area contributed by atoms with Crippen molar-refractivity contribution >= 4 is 10.0 Å². The summed E-state index contributed by atoms with van der Waals surface area (Å²) in [6.07, 6.45) is 2.81. The molecule has 22 heavy (non-hydrogen) atoms. The minimum Gasteiger partial charge on any atom is -0.330 e. The van der Waals surface area contributed by atoms with E-state index in [9.17, 15) is 8.42 Å². The number of benzene rings is 1. The molecule has 1 fully saturated rings. The van der Waals surface area contributed by atoms with Gasteiger partial charge in [0, 0.05) is 19.1 Å². The van der Waals surface area contributed by atoms with E-state index in [-0.39, 0.29) is 6.04 Å². The van der Waals surface area contributed by atoms with Gasteiger partial charge < -0.3 is 11.1 Å². The summed E-state index contributed by atoms with van der Waals surface area (Å²) in [7, 11) is -3.41. The van der Waals surface area contributed by atoms with Crippen molar-refractivity contribution in [3.05, 3.63) is 29.3 Å². The predicted molar refractivity (Wildman–Crippen MR) is 91.5 cm³/mol. The van der Waals surface area contributed by atoms with E-state index in [0.29, 0.717) is 24.5 Å². The van der Waals surface area contributed by atoms with Crippen molar-refractivity contribution in [2.45, 2.75) is 51.0 Å². The third-order valence-corrected chi connectivity index (χ3v) is 4.94. The summed E-state index contributed by atoms with van der Waals surface area (Å²) < 4.78 is 27.3. The maximum atomic E-state index is 12.3. The first-order valence-electron chi connectivity index (χ1n) is 8.05. The van der Waals surface area contributed by atoms with Crippen LogP contribution in [0, 0.1) is 6.92 Å². The highest BCUT2D eigenvalue weighted by molar-refractivity contribution is 7.89. The molecule has 1 heterocycles. The first-order chi connectivity index (χ1) is 10.5. The Hall–Kier alpha value is -0.950. The predicted octanol–water partition coefficient (Wildman–Crippen LogP) is 1.55. The van der Waals surface area contributed by atoms with Crippen molar-refractivity contribution in [1.82, 2.24) is 10.0 Å². The van der Waals surface area contributed by atoms with Crippen molar-refractivity contribution in [2.24, 2.45) is 5.73 Å². The molecule has 4 N–H and O–H groups in total. The van der Waals surface area contributed by atoms with Gasteiger partial charge in [0.25, 0.3) is 0 Å². The molecule has 1 aromatic carbocycles. The zero-order chi connectivity index (χ0) is 16.6. The van der Waals surface area contributed by atoms with Crippen molar-refractivity contribution in [3.8, 4) is 0 Å². The van der Waals surface area contributed by atoms with Crippen molar-refractivity contribution in [3.63, 3.8) is 0 Å². The average molecular weight is 327 g/mol. The Morgan fingerprint density at radius 3 is 2.45 bits per heavy atom. The highest BCUT2D eigenvalue weighted by atomic mass is 32.2. The SMILES string of the molecule is CC.Cc1cc(CCCCN)cc(S(=O)(=O)NC2CNC2)c1. The smallest absolute Gasteiger partial charge is 0.240 e. The molecule has 2 rings (SSSR count). The van der Waals surface area contributed by atoms with E-state index >= 15 is 0 Å². The fourth-order valence-electron chi connectivity index (χ4n) is 2.26. The molecule has 0 amide bonds. The van der Waals surface area contributed by atoms with Gasteiger partial charge in [-0.2, -0.15) is 0 Å².